The van der Waals surface area contributed by atoms with Gasteiger partial charge in [0.25, 0.3) is 11.4 Å². The summed E-state index contributed by atoms with van der Waals surface area (Å²) in [6.45, 7) is 3.54. The van der Waals surface area contributed by atoms with Crippen molar-refractivity contribution in [2.75, 3.05) is 0 Å². The summed E-state index contributed by atoms with van der Waals surface area (Å²) >= 11 is 0. The van der Waals surface area contributed by atoms with Crippen LogP contribution in [0.25, 0.3) is 0 Å². The second kappa shape index (κ2) is 8.26. The average molecular weight is 392 g/mol. The number of benzene rings is 2. The Morgan fingerprint density at radius 3 is 1.34 bits per heavy atom. The highest BCUT2D eigenvalue weighted by Gasteiger charge is 2.10. The molecule has 3 aromatic rings. The van der Waals surface area contributed by atoms with Crippen LogP contribution >= 0.6 is 0 Å². The van der Waals surface area contributed by atoms with E-state index >= 15 is 0 Å². The molecule has 0 N–H and O–H groups in total. The lowest BCUT2D eigenvalue weighted by Crippen LogP contribution is -1.94. The first-order valence-electron chi connectivity index (χ1n) is 8.53. The summed E-state index contributed by atoms with van der Waals surface area (Å²) in [5, 5.41) is 21.4. The van der Waals surface area contributed by atoms with Gasteiger partial charge in [0.2, 0.25) is 0 Å². The maximum Gasteiger partial charge on any atom is 0.269 e. The lowest BCUT2D eigenvalue weighted by atomic mass is 10.2. The molecular formula is C20H16N4O5. The Labute approximate surface area is 165 Å². The molecule has 3 rings (SSSR count). The van der Waals surface area contributed by atoms with Crippen LogP contribution in [0.1, 0.15) is 25.4 Å². The van der Waals surface area contributed by atoms with E-state index in [1.54, 1.807) is 50.2 Å². The summed E-state index contributed by atoms with van der Waals surface area (Å²) in [6.07, 6.45) is 0. The Hall–Kier alpha value is -4.14. The molecule has 0 saturated carbocycles. The number of nitrogens with zero attached hydrogens (tertiary/aromatic N) is 4. The summed E-state index contributed by atoms with van der Waals surface area (Å²) < 4.78 is 5.80. The highest BCUT2D eigenvalue weighted by Crippen LogP contribution is 2.22. The van der Waals surface area contributed by atoms with Gasteiger partial charge in [-0.05, 0) is 50.2 Å². The van der Waals surface area contributed by atoms with Crippen LogP contribution in [0.15, 0.2) is 75.1 Å². The molecule has 1 heterocycles. The SMILES string of the molecule is CC(=Nc1ccc([N+](=O)[O-])cc1)c1ccc(C(C)=Nc2ccc([N+](=O)[O-])cc2)o1. The number of rotatable bonds is 6. The van der Waals surface area contributed by atoms with Crippen LogP contribution in [0, 0.1) is 20.2 Å². The highest BCUT2D eigenvalue weighted by molar-refractivity contribution is 6.01. The number of nitro benzene ring substituents is 2. The second-order valence-corrected chi connectivity index (χ2v) is 6.11. The largest absolute Gasteiger partial charge is 0.454 e. The van der Waals surface area contributed by atoms with Gasteiger partial charge < -0.3 is 4.42 Å². The van der Waals surface area contributed by atoms with Crippen molar-refractivity contribution in [1.29, 1.82) is 0 Å². The second-order valence-electron chi connectivity index (χ2n) is 6.11. The zero-order valence-electron chi connectivity index (χ0n) is 15.6. The Morgan fingerprint density at radius 1 is 0.690 bits per heavy atom. The molecule has 0 aliphatic heterocycles. The molecule has 0 aliphatic carbocycles. The monoisotopic (exact) mass is 392 g/mol. The molecule has 0 bridgehead atoms. The first-order valence-corrected chi connectivity index (χ1v) is 8.53. The molecule has 0 radical (unpaired) electrons. The van der Waals surface area contributed by atoms with Crippen LogP contribution < -0.4 is 0 Å². The van der Waals surface area contributed by atoms with E-state index in [2.05, 4.69) is 9.98 Å². The summed E-state index contributed by atoms with van der Waals surface area (Å²) in [6, 6.07) is 15.3. The van der Waals surface area contributed by atoms with Crippen molar-refractivity contribution in [2.24, 2.45) is 9.98 Å². The molecule has 1 aromatic heterocycles. The summed E-state index contributed by atoms with van der Waals surface area (Å²) in [7, 11) is 0. The zero-order chi connectivity index (χ0) is 21.0. The minimum atomic E-state index is -0.466. The Balaban J connectivity index is 1.78. The Morgan fingerprint density at radius 2 is 1.03 bits per heavy atom. The predicted octanol–water partition coefficient (Wildman–Crippen LogP) is 5.38. The molecule has 0 atom stereocenters. The first-order chi connectivity index (χ1) is 13.8. The van der Waals surface area contributed by atoms with E-state index in [1.807, 2.05) is 0 Å². The van der Waals surface area contributed by atoms with Gasteiger partial charge in [0.1, 0.15) is 11.5 Å². The molecule has 0 aliphatic rings. The normalized spacial score (nSPS) is 12.1. The van der Waals surface area contributed by atoms with Gasteiger partial charge in [0, 0.05) is 24.3 Å². The van der Waals surface area contributed by atoms with Crippen LogP contribution in [-0.2, 0) is 0 Å². The lowest BCUT2D eigenvalue weighted by molar-refractivity contribution is -0.385. The van der Waals surface area contributed by atoms with Gasteiger partial charge in [0.15, 0.2) is 0 Å². The molecule has 9 nitrogen and oxygen atoms in total. The number of non-ortho nitro benzene ring substituents is 2. The fraction of sp³-hybridized carbons (Fsp3) is 0.100. The highest BCUT2D eigenvalue weighted by atomic mass is 16.6. The molecule has 0 fully saturated rings. The van der Waals surface area contributed by atoms with E-state index in [-0.39, 0.29) is 11.4 Å². The van der Waals surface area contributed by atoms with E-state index in [4.69, 9.17) is 4.42 Å². The van der Waals surface area contributed by atoms with E-state index in [0.717, 1.165) is 0 Å². The number of aliphatic imine (C=N–C) groups is 2. The molecule has 2 aromatic carbocycles. The molecule has 0 unspecified atom stereocenters. The van der Waals surface area contributed by atoms with Gasteiger partial charge in [-0.3, -0.25) is 20.2 Å². The Kier molecular flexibility index (Phi) is 5.59. The van der Waals surface area contributed by atoms with Crippen molar-refractivity contribution < 1.29 is 14.3 Å². The van der Waals surface area contributed by atoms with Crippen molar-refractivity contribution in [2.45, 2.75) is 13.8 Å². The molecule has 0 saturated heterocycles. The third-order valence-electron chi connectivity index (χ3n) is 4.03. The van der Waals surface area contributed by atoms with Crippen LogP contribution in [-0.4, -0.2) is 21.3 Å². The van der Waals surface area contributed by atoms with E-state index in [9.17, 15) is 20.2 Å². The van der Waals surface area contributed by atoms with Crippen molar-refractivity contribution in [3.63, 3.8) is 0 Å². The summed E-state index contributed by atoms with van der Waals surface area (Å²) in [4.78, 5) is 29.3. The number of hydrogen-bond acceptors (Lipinski definition) is 7. The number of hydrogen-bond donors (Lipinski definition) is 0. The molecule has 29 heavy (non-hydrogen) atoms. The van der Waals surface area contributed by atoms with E-state index in [0.29, 0.717) is 34.3 Å². The topological polar surface area (TPSA) is 124 Å². The number of furan rings is 1. The standard InChI is InChI=1S/C20H16N4O5/c1-13(21-15-3-7-17(8-4-15)23(25)26)19-11-12-20(29-19)14(2)22-16-5-9-18(10-6-16)24(27)28/h3-12H,1-2H3. The molecular weight excluding hydrogens is 376 g/mol. The van der Waals surface area contributed by atoms with E-state index in [1.165, 1.54) is 24.3 Å². The minimum absolute atomic E-state index is 0.0000292. The molecule has 146 valence electrons. The fourth-order valence-electron chi connectivity index (χ4n) is 2.52. The van der Waals surface area contributed by atoms with Crippen LogP contribution in [0.3, 0.4) is 0 Å². The third kappa shape index (κ3) is 4.78. The van der Waals surface area contributed by atoms with Crippen LogP contribution in [0.4, 0.5) is 22.7 Å². The quantitative estimate of drug-likeness (QED) is 0.316. The van der Waals surface area contributed by atoms with Gasteiger partial charge in [-0.1, -0.05) is 0 Å². The van der Waals surface area contributed by atoms with Crippen molar-refractivity contribution in [3.8, 4) is 0 Å². The van der Waals surface area contributed by atoms with E-state index < -0.39 is 9.85 Å². The number of nitro groups is 2. The summed E-state index contributed by atoms with van der Waals surface area (Å²) in [5.41, 5.74) is 2.35. The van der Waals surface area contributed by atoms with Gasteiger partial charge >= 0.3 is 0 Å². The van der Waals surface area contributed by atoms with Crippen molar-refractivity contribution in [3.05, 3.63) is 92.4 Å². The van der Waals surface area contributed by atoms with Crippen molar-refractivity contribution >= 4 is 34.2 Å². The summed E-state index contributed by atoms with van der Waals surface area (Å²) in [5.74, 6) is 1.08. The maximum atomic E-state index is 10.7. The Bertz CT molecular complexity index is 1020. The zero-order valence-corrected chi connectivity index (χ0v) is 15.6. The van der Waals surface area contributed by atoms with Crippen LogP contribution in [0.2, 0.25) is 0 Å². The first kappa shape index (κ1) is 19.6. The molecule has 0 amide bonds. The fourth-order valence-corrected chi connectivity index (χ4v) is 2.52. The van der Waals surface area contributed by atoms with Gasteiger partial charge in [-0.15, -0.1) is 0 Å². The third-order valence-corrected chi connectivity index (χ3v) is 4.03. The minimum Gasteiger partial charge on any atom is -0.454 e. The molecule has 0 spiro atoms. The van der Waals surface area contributed by atoms with Crippen molar-refractivity contribution in [1.82, 2.24) is 0 Å². The average Bonchev–Trinajstić information content (AvgIpc) is 3.19. The van der Waals surface area contributed by atoms with Gasteiger partial charge in [-0.2, -0.15) is 0 Å². The van der Waals surface area contributed by atoms with Gasteiger partial charge in [-0.25, -0.2) is 9.98 Å². The maximum absolute atomic E-state index is 10.7. The smallest absolute Gasteiger partial charge is 0.269 e. The lowest BCUT2D eigenvalue weighted by Gasteiger charge is -2.00. The van der Waals surface area contributed by atoms with Crippen LogP contribution in [0.5, 0.6) is 0 Å². The predicted molar refractivity (Wildman–Crippen MR) is 109 cm³/mol. The molecule has 9 heteroatoms. The van der Waals surface area contributed by atoms with Gasteiger partial charge in [0.05, 0.1) is 32.6 Å².